The fraction of sp³-hybridized carbons (Fsp3) is 0.474. The van der Waals surface area contributed by atoms with E-state index in [-0.39, 0.29) is 0 Å². The Kier molecular flexibility index (Phi) is 5.65. The van der Waals surface area contributed by atoms with Crippen molar-refractivity contribution in [2.24, 2.45) is 10.7 Å². The molecule has 0 heterocycles. The summed E-state index contributed by atoms with van der Waals surface area (Å²) < 4.78 is 5.30. The number of nitrogens with zero attached hydrogens (tertiary/aromatic N) is 1. The van der Waals surface area contributed by atoms with Gasteiger partial charge in [-0.1, -0.05) is 12.5 Å². The zero-order chi connectivity index (χ0) is 17.7. The van der Waals surface area contributed by atoms with Crippen LogP contribution in [0, 0.1) is 0 Å². The highest BCUT2D eigenvalue weighted by molar-refractivity contribution is 5.88. The Morgan fingerprint density at radius 1 is 1.38 bits per heavy atom. The second-order valence-corrected chi connectivity index (χ2v) is 7.09. The van der Waals surface area contributed by atoms with Crippen LogP contribution in [0.15, 0.2) is 29.3 Å². The van der Waals surface area contributed by atoms with Crippen molar-refractivity contribution in [2.75, 3.05) is 12.4 Å². The van der Waals surface area contributed by atoms with E-state index in [1.807, 2.05) is 32.9 Å². The summed E-state index contributed by atoms with van der Waals surface area (Å²) >= 11 is 0. The Morgan fingerprint density at radius 2 is 2.08 bits per heavy atom. The summed E-state index contributed by atoms with van der Waals surface area (Å²) in [5.41, 5.74) is 9.20. The van der Waals surface area contributed by atoms with E-state index >= 15 is 0 Å². The largest absolute Gasteiger partial charge is 0.444 e. The fourth-order valence-electron chi connectivity index (χ4n) is 2.63. The fourth-order valence-corrected chi connectivity index (χ4v) is 2.63. The lowest BCUT2D eigenvalue weighted by molar-refractivity contribution is 0.0636. The highest BCUT2D eigenvalue weighted by Crippen LogP contribution is 2.40. The van der Waals surface area contributed by atoms with Crippen molar-refractivity contribution in [3.63, 3.8) is 0 Å². The molecule has 0 unspecified atom stereocenters. The van der Waals surface area contributed by atoms with E-state index in [1.54, 1.807) is 19.3 Å². The highest BCUT2D eigenvalue weighted by atomic mass is 16.6. The lowest BCUT2D eigenvalue weighted by Gasteiger charge is -2.28. The third-order valence-corrected chi connectivity index (χ3v) is 3.96. The van der Waals surface area contributed by atoms with Crippen LogP contribution >= 0.6 is 0 Å². The second-order valence-electron chi connectivity index (χ2n) is 7.09. The molecular formula is C19H27N3O2. The van der Waals surface area contributed by atoms with Crippen molar-refractivity contribution in [3.05, 3.63) is 35.4 Å². The van der Waals surface area contributed by atoms with Crippen molar-refractivity contribution < 1.29 is 9.53 Å². The summed E-state index contributed by atoms with van der Waals surface area (Å²) in [5, 5.41) is 2.77. The van der Waals surface area contributed by atoms with Gasteiger partial charge in [0.15, 0.2) is 0 Å². The van der Waals surface area contributed by atoms with E-state index in [1.165, 1.54) is 24.8 Å². The topological polar surface area (TPSA) is 76.7 Å². The summed E-state index contributed by atoms with van der Waals surface area (Å²) in [7, 11) is 1.71. The first-order chi connectivity index (χ1) is 11.3. The number of aliphatic imine (C=N–C) groups is 1. The molecule has 5 nitrogen and oxygen atoms in total. The molecule has 0 aliphatic heterocycles. The van der Waals surface area contributed by atoms with E-state index in [2.05, 4.69) is 16.4 Å². The first-order valence-corrected chi connectivity index (χ1v) is 8.32. The monoisotopic (exact) mass is 329 g/mol. The summed E-state index contributed by atoms with van der Waals surface area (Å²) in [4.78, 5) is 15.9. The molecule has 5 heteroatoms. The smallest absolute Gasteiger partial charge is 0.412 e. The summed E-state index contributed by atoms with van der Waals surface area (Å²) in [6.45, 7) is 5.51. The quantitative estimate of drug-likeness (QED) is 0.808. The molecule has 3 N–H and O–H groups in total. The summed E-state index contributed by atoms with van der Waals surface area (Å²) in [6, 6.07) is 5.87. The molecule has 1 amide bonds. The van der Waals surface area contributed by atoms with E-state index in [0.717, 1.165) is 5.56 Å². The van der Waals surface area contributed by atoms with Crippen LogP contribution in [-0.2, 0) is 4.74 Å². The zero-order valence-corrected chi connectivity index (χ0v) is 14.9. The minimum atomic E-state index is -0.532. The van der Waals surface area contributed by atoms with E-state index in [9.17, 15) is 4.79 Å². The summed E-state index contributed by atoms with van der Waals surface area (Å²) in [5.74, 6) is 0.543. The molecule has 2 rings (SSSR count). The molecular weight excluding hydrogens is 302 g/mol. The number of carbonyl (C=O) groups excluding carboxylic acids is 1. The number of hydrogen-bond acceptors (Lipinski definition) is 4. The predicted molar refractivity (Wildman–Crippen MR) is 99.5 cm³/mol. The standard InChI is InChI=1S/C19H27N3O2/c1-19(2,3)24-18(23)22-14-8-9-15(13-6-5-7-13)16(12-14)17(20)10-11-21-4/h8-13H,5-7,20H2,1-4H3,(H,22,23)/b17-10-,21-11?. The Morgan fingerprint density at radius 3 is 2.62 bits per heavy atom. The van der Waals surface area contributed by atoms with Crippen LogP contribution in [0.2, 0.25) is 0 Å². The number of benzene rings is 1. The highest BCUT2D eigenvalue weighted by Gasteiger charge is 2.23. The van der Waals surface area contributed by atoms with E-state index in [4.69, 9.17) is 10.5 Å². The number of amides is 1. The van der Waals surface area contributed by atoms with Crippen molar-refractivity contribution >= 4 is 23.7 Å². The first-order valence-electron chi connectivity index (χ1n) is 8.32. The Labute approximate surface area is 144 Å². The molecule has 0 bridgehead atoms. The van der Waals surface area contributed by atoms with Crippen LogP contribution in [0.1, 0.15) is 57.1 Å². The maximum atomic E-state index is 12.0. The van der Waals surface area contributed by atoms with Gasteiger partial charge in [-0.2, -0.15) is 0 Å². The molecule has 0 radical (unpaired) electrons. The molecule has 1 saturated carbocycles. The van der Waals surface area contributed by atoms with Gasteiger partial charge in [0.25, 0.3) is 0 Å². The van der Waals surface area contributed by atoms with Crippen molar-refractivity contribution in [2.45, 2.75) is 51.6 Å². The third-order valence-electron chi connectivity index (χ3n) is 3.96. The van der Waals surface area contributed by atoms with Crippen LogP contribution in [-0.4, -0.2) is 25.0 Å². The zero-order valence-electron chi connectivity index (χ0n) is 14.9. The van der Waals surface area contributed by atoms with Crippen LogP contribution in [0.25, 0.3) is 5.70 Å². The normalized spacial score (nSPS) is 16.1. The van der Waals surface area contributed by atoms with E-state index in [0.29, 0.717) is 17.3 Å². The van der Waals surface area contributed by atoms with Gasteiger partial charge < -0.3 is 10.5 Å². The molecule has 0 saturated heterocycles. The van der Waals surface area contributed by atoms with Gasteiger partial charge in [-0.05, 0) is 63.3 Å². The van der Waals surface area contributed by atoms with Crippen molar-refractivity contribution in [1.29, 1.82) is 0 Å². The molecule has 1 aromatic carbocycles. The van der Waals surface area contributed by atoms with Gasteiger partial charge in [-0.3, -0.25) is 10.3 Å². The van der Waals surface area contributed by atoms with E-state index < -0.39 is 11.7 Å². The predicted octanol–water partition coefficient (Wildman–Crippen LogP) is 4.30. The average molecular weight is 329 g/mol. The molecule has 24 heavy (non-hydrogen) atoms. The van der Waals surface area contributed by atoms with Crippen molar-refractivity contribution in [3.8, 4) is 0 Å². The Balaban J connectivity index is 2.26. The van der Waals surface area contributed by atoms with Crippen LogP contribution in [0.4, 0.5) is 10.5 Å². The van der Waals surface area contributed by atoms with Crippen LogP contribution < -0.4 is 11.1 Å². The number of nitrogens with two attached hydrogens (primary N) is 1. The van der Waals surface area contributed by atoms with Gasteiger partial charge in [-0.25, -0.2) is 4.79 Å². The van der Waals surface area contributed by atoms with Gasteiger partial charge in [0.05, 0.1) is 0 Å². The van der Waals surface area contributed by atoms with Gasteiger partial charge in [0.2, 0.25) is 0 Å². The number of allylic oxidation sites excluding steroid dienone is 1. The van der Waals surface area contributed by atoms with Gasteiger partial charge in [0, 0.05) is 30.2 Å². The molecule has 0 atom stereocenters. The van der Waals surface area contributed by atoms with Gasteiger partial charge in [-0.15, -0.1) is 0 Å². The number of anilines is 1. The number of nitrogens with one attached hydrogen (secondary N) is 1. The molecule has 0 spiro atoms. The van der Waals surface area contributed by atoms with Crippen LogP contribution in [0.5, 0.6) is 0 Å². The van der Waals surface area contributed by atoms with Gasteiger partial charge in [0.1, 0.15) is 5.60 Å². The Hall–Kier alpha value is -2.30. The third kappa shape index (κ3) is 4.85. The lowest BCUT2D eigenvalue weighted by Crippen LogP contribution is -2.27. The van der Waals surface area contributed by atoms with Gasteiger partial charge >= 0.3 is 6.09 Å². The number of ether oxygens (including phenoxy) is 1. The molecule has 1 aromatic rings. The molecule has 1 aliphatic rings. The van der Waals surface area contributed by atoms with Crippen LogP contribution in [0.3, 0.4) is 0 Å². The maximum Gasteiger partial charge on any atom is 0.412 e. The number of rotatable bonds is 4. The second kappa shape index (κ2) is 7.51. The number of carbonyl (C=O) groups is 1. The first kappa shape index (κ1) is 18.0. The molecule has 1 aliphatic carbocycles. The SMILES string of the molecule is CN=C/C=C(\N)c1cc(NC(=O)OC(C)(C)C)ccc1C1CCC1. The average Bonchev–Trinajstić information content (AvgIpc) is 2.42. The molecule has 130 valence electrons. The number of hydrogen-bond donors (Lipinski definition) is 2. The molecule has 1 fully saturated rings. The summed E-state index contributed by atoms with van der Waals surface area (Å²) in [6.07, 6.45) is 6.61. The lowest BCUT2D eigenvalue weighted by atomic mass is 9.77. The maximum absolute atomic E-state index is 12.0. The minimum absolute atomic E-state index is 0.470. The van der Waals surface area contributed by atoms with Crippen molar-refractivity contribution in [1.82, 2.24) is 0 Å². The minimum Gasteiger partial charge on any atom is -0.444 e. The molecule has 0 aromatic heterocycles. The Bertz CT molecular complexity index is 653.